The highest BCUT2D eigenvalue weighted by Crippen LogP contribution is 2.10. The Hall–Kier alpha value is -0.540. The summed E-state index contributed by atoms with van der Waals surface area (Å²) in [5.74, 6) is -0.142. The Bertz CT molecular complexity index is 222. The molecule has 0 radical (unpaired) electrons. The molecule has 0 aliphatic carbocycles. The van der Waals surface area contributed by atoms with Crippen molar-refractivity contribution in [2.45, 2.75) is 27.7 Å². The van der Waals surface area contributed by atoms with Gasteiger partial charge in [-0.2, -0.15) is 0 Å². The van der Waals surface area contributed by atoms with Crippen LogP contribution in [0.5, 0.6) is 0 Å². The number of halogens is 1. The standard InChI is InChI=1S/C10H18ClNO2/c1-5-14-7-12(10(13)6-11)9(4)8(2)3/h5-7H2,1-4H3. The molecule has 0 aromatic carbocycles. The second kappa shape index (κ2) is 6.85. The first-order chi connectivity index (χ1) is 6.54. The third kappa shape index (κ3) is 4.11. The van der Waals surface area contributed by atoms with Gasteiger partial charge in [0.25, 0.3) is 0 Å². The van der Waals surface area contributed by atoms with Crippen LogP contribution in [0.15, 0.2) is 11.3 Å². The Morgan fingerprint density at radius 2 is 1.93 bits per heavy atom. The van der Waals surface area contributed by atoms with Crippen LogP contribution in [-0.4, -0.2) is 30.0 Å². The quantitative estimate of drug-likeness (QED) is 0.525. The van der Waals surface area contributed by atoms with Crippen molar-refractivity contribution < 1.29 is 9.53 Å². The molecule has 0 unspecified atom stereocenters. The first-order valence-electron chi connectivity index (χ1n) is 4.62. The molecule has 0 fully saturated rings. The van der Waals surface area contributed by atoms with Gasteiger partial charge < -0.3 is 4.74 Å². The fraction of sp³-hybridized carbons (Fsp3) is 0.700. The van der Waals surface area contributed by atoms with Crippen LogP contribution in [0.25, 0.3) is 0 Å². The van der Waals surface area contributed by atoms with Gasteiger partial charge in [-0.3, -0.25) is 9.69 Å². The first kappa shape index (κ1) is 13.5. The predicted octanol–water partition coefficient (Wildman–Crippen LogP) is 2.36. The van der Waals surface area contributed by atoms with Gasteiger partial charge in [0.15, 0.2) is 0 Å². The summed E-state index contributed by atoms with van der Waals surface area (Å²) >= 11 is 5.51. The summed E-state index contributed by atoms with van der Waals surface area (Å²) in [6.07, 6.45) is 0. The number of carbonyl (C=O) groups is 1. The van der Waals surface area contributed by atoms with Crippen LogP contribution in [0, 0.1) is 0 Å². The lowest BCUT2D eigenvalue weighted by atomic mass is 10.2. The van der Waals surface area contributed by atoms with Crippen molar-refractivity contribution in [1.82, 2.24) is 4.90 Å². The zero-order valence-corrected chi connectivity index (χ0v) is 10.0. The second-order valence-corrected chi connectivity index (χ2v) is 3.43. The Labute approximate surface area is 90.7 Å². The normalized spacial score (nSPS) is 9.79. The van der Waals surface area contributed by atoms with Crippen molar-refractivity contribution in [2.24, 2.45) is 0 Å². The minimum atomic E-state index is -0.126. The van der Waals surface area contributed by atoms with E-state index in [1.165, 1.54) is 0 Å². The SMILES string of the molecule is CCOCN(C(=O)CCl)C(C)=C(C)C. The maximum absolute atomic E-state index is 11.4. The highest BCUT2D eigenvalue weighted by atomic mass is 35.5. The Morgan fingerprint density at radius 1 is 1.36 bits per heavy atom. The third-order valence-corrected chi connectivity index (χ3v) is 2.20. The number of hydrogen-bond acceptors (Lipinski definition) is 2. The molecule has 0 atom stereocenters. The summed E-state index contributed by atoms with van der Waals surface area (Å²) in [6.45, 7) is 8.55. The molecule has 0 spiro atoms. The molecule has 0 rings (SSSR count). The summed E-state index contributed by atoms with van der Waals surface area (Å²) in [5, 5.41) is 0. The molecular formula is C10H18ClNO2. The van der Waals surface area contributed by atoms with Crippen LogP contribution in [-0.2, 0) is 9.53 Å². The van der Waals surface area contributed by atoms with Crippen molar-refractivity contribution in [3.63, 3.8) is 0 Å². The molecule has 14 heavy (non-hydrogen) atoms. The summed E-state index contributed by atoms with van der Waals surface area (Å²) in [6, 6.07) is 0. The fourth-order valence-corrected chi connectivity index (χ4v) is 1.02. The topological polar surface area (TPSA) is 29.5 Å². The molecule has 4 heteroatoms. The van der Waals surface area contributed by atoms with Crippen LogP contribution in [0.3, 0.4) is 0 Å². The smallest absolute Gasteiger partial charge is 0.243 e. The van der Waals surface area contributed by atoms with E-state index in [9.17, 15) is 4.79 Å². The number of carbonyl (C=O) groups excluding carboxylic acids is 1. The zero-order valence-electron chi connectivity index (χ0n) is 9.26. The van der Waals surface area contributed by atoms with E-state index in [4.69, 9.17) is 16.3 Å². The predicted molar refractivity (Wildman–Crippen MR) is 58.1 cm³/mol. The summed E-state index contributed by atoms with van der Waals surface area (Å²) in [4.78, 5) is 13.0. The molecule has 0 aliphatic heterocycles. The minimum Gasteiger partial charge on any atom is -0.361 e. The molecule has 0 aromatic heterocycles. The van der Waals surface area contributed by atoms with Crippen LogP contribution >= 0.6 is 11.6 Å². The largest absolute Gasteiger partial charge is 0.361 e. The summed E-state index contributed by atoms with van der Waals surface area (Å²) in [7, 11) is 0. The lowest BCUT2D eigenvalue weighted by Gasteiger charge is -2.23. The van der Waals surface area contributed by atoms with Crippen LogP contribution in [0.2, 0.25) is 0 Å². The molecule has 3 nitrogen and oxygen atoms in total. The maximum Gasteiger partial charge on any atom is 0.243 e. The van der Waals surface area contributed by atoms with Gasteiger partial charge >= 0.3 is 0 Å². The number of alkyl halides is 1. The molecule has 0 bridgehead atoms. The van der Waals surface area contributed by atoms with Gasteiger partial charge in [-0.15, -0.1) is 11.6 Å². The number of amides is 1. The van der Waals surface area contributed by atoms with E-state index in [1.54, 1.807) is 4.90 Å². The lowest BCUT2D eigenvalue weighted by molar-refractivity contribution is -0.131. The second-order valence-electron chi connectivity index (χ2n) is 3.16. The molecule has 82 valence electrons. The number of allylic oxidation sites excluding steroid dienone is 2. The van der Waals surface area contributed by atoms with E-state index in [1.807, 2.05) is 27.7 Å². The summed E-state index contributed by atoms with van der Waals surface area (Å²) in [5.41, 5.74) is 1.99. The van der Waals surface area contributed by atoms with Crippen molar-refractivity contribution in [3.8, 4) is 0 Å². The van der Waals surface area contributed by atoms with Crippen LogP contribution < -0.4 is 0 Å². The van der Waals surface area contributed by atoms with E-state index >= 15 is 0 Å². The van der Waals surface area contributed by atoms with E-state index in [0.717, 1.165) is 11.3 Å². The molecule has 0 saturated heterocycles. The molecule has 1 amide bonds. The maximum atomic E-state index is 11.4. The van der Waals surface area contributed by atoms with Gasteiger partial charge in [0.05, 0.1) is 0 Å². The molecule has 0 saturated carbocycles. The van der Waals surface area contributed by atoms with Crippen molar-refractivity contribution >= 4 is 17.5 Å². The van der Waals surface area contributed by atoms with Gasteiger partial charge in [0, 0.05) is 12.3 Å². The minimum absolute atomic E-state index is 0.0162. The van der Waals surface area contributed by atoms with Crippen molar-refractivity contribution in [1.29, 1.82) is 0 Å². The fourth-order valence-electron chi connectivity index (χ4n) is 0.881. The van der Waals surface area contributed by atoms with E-state index in [-0.39, 0.29) is 18.5 Å². The first-order valence-corrected chi connectivity index (χ1v) is 5.16. The highest BCUT2D eigenvalue weighted by molar-refractivity contribution is 6.27. The molecule has 0 N–H and O–H groups in total. The van der Waals surface area contributed by atoms with Gasteiger partial charge in [-0.1, -0.05) is 5.57 Å². The third-order valence-electron chi connectivity index (χ3n) is 1.97. The Balaban J connectivity index is 4.55. The van der Waals surface area contributed by atoms with Gasteiger partial charge in [0.2, 0.25) is 5.91 Å². The lowest BCUT2D eigenvalue weighted by Crippen LogP contribution is -2.33. The molecule has 0 aromatic rings. The van der Waals surface area contributed by atoms with E-state index < -0.39 is 0 Å². The van der Waals surface area contributed by atoms with Gasteiger partial charge in [0.1, 0.15) is 12.6 Å². The summed E-state index contributed by atoms with van der Waals surface area (Å²) < 4.78 is 5.20. The number of ether oxygens (including phenoxy) is 1. The van der Waals surface area contributed by atoms with Crippen LogP contribution in [0.4, 0.5) is 0 Å². The van der Waals surface area contributed by atoms with E-state index in [0.29, 0.717) is 6.61 Å². The monoisotopic (exact) mass is 219 g/mol. The van der Waals surface area contributed by atoms with Gasteiger partial charge in [-0.05, 0) is 27.7 Å². The average Bonchev–Trinajstić information content (AvgIpc) is 2.17. The van der Waals surface area contributed by atoms with Gasteiger partial charge in [-0.25, -0.2) is 0 Å². The van der Waals surface area contributed by atoms with E-state index in [2.05, 4.69) is 0 Å². The Kier molecular flexibility index (Phi) is 6.58. The molecular weight excluding hydrogens is 202 g/mol. The van der Waals surface area contributed by atoms with Crippen molar-refractivity contribution in [2.75, 3.05) is 19.2 Å². The molecule has 0 aliphatic rings. The number of hydrogen-bond donors (Lipinski definition) is 0. The zero-order chi connectivity index (χ0) is 11.1. The molecule has 0 heterocycles. The van der Waals surface area contributed by atoms with Crippen molar-refractivity contribution in [3.05, 3.63) is 11.3 Å². The Morgan fingerprint density at radius 3 is 2.29 bits per heavy atom. The van der Waals surface area contributed by atoms with Crippen LogP contribution in [0.1, 0.15) is 27.7 Å². The average molecular weight is 220 g/mol. The number of rotatable bonds is 5. The highest BCUT2D eigenvalue weighted by Gasteiger charge is 2.14. The number of nitrogens with zero attached hydrogens (tertiary/aromatic N) is 1.